The molecule has 2 nitrogen and oxygen atoms in total. The van der Waals surface area contributed by atoms with E-state index in [1.807, 2.05) is 0 Å². The van der Waals surface area contributed by atoms with Crippen molar-refractivity contribution in [2.24, 2.45) is 0 Å². The number of hydrogen-bond donors (Lipinski definition) is 2. The van der Waals surface area contributed by atoms with E-state index in [0.717, 1.165) is 10.4 Å². The highest BCUT2D eigenvalue weighted by Gasteiger charge is 2.54. The van der Waals surface area contributed by atoms with Gasteiger partial charge in [-0.05, 0) is 30.5 Å². The predicted molar refractivity (Wildman–Crippen MR) is 131 cm³/mol. The minimum Gasteiger partial charge on any atom is -0.504 e. The standard InChI is InChI=1S/C24H46O2Si2/c1-21(2,3)27(13,22(4,5)6)17-15-16-18(20(26)19(17)25)28(14,23(7,8)9)24(10,11)12/h15-16,25-26H,1-14H3. The number of hydrogen-bond acceptors (Lipinski definition) is 2. The van der Waals surface area contributed by atoms with Gasteiger partial charge in [-0.1, -0.05) is 108 Å². The largest absolute Gasteiger partial charge is 0.504 e. The lowest BCUT2D eigenvalue weighted by Crippen LogP contribution is -2.61. The minimum atomic E-state index is -2.17. The summed E-state index contributed by atoms with van der Waals surface area (Å²) in [5.41, 5.74) is 0. The molecule has 0 saturated heterocycles. The van der Waals surface area contributed by atoms with Gasteiger partial charge in [0.1, 0.15) is 0 Å². The molecule has 162 valence electrons. The van der Waals surface area contributed by atoms with Crippen molar-refractivity contribution in [1.29, 1.82) is 0 Å². The second-order valence-corrected chi connectivity index (χ2v) is 24.7. The molecule has 0 spiro atoms. The summed E-state index contributed by atoms with van der Waals surface area (Å²) in [6.07, 6.45) is 0. The van der Waals surface area contributed by atoms with Gasteiger partial charge in [0.05, 0.1) is 16.1 Å². The van der Waals surface area contributed by atoms with Crippen LogP contribution in [0.25, 0.3) is 0 Å². The molecule has 0 saturated carbocycles. The van der Waals surface area contributed by atoms with Crippen LogP contribution >= 0.6 is 0 Å². The van der Waals surface area contributed by atoms with Crippen LogP contribution in [0.3, 0.4) is 0 Å². The molecular formula is C24H46O2Si2. The van der Waals surface area contributed by atoms with E-state index in [1.54, 1.807) is 0 Å². The molecule has 4 heteroatoms. The van der Waals surface area contributed by atoms with E-state index >= 15 is 0 Å². The Morgan fingerprint density at radius 1 is 0.500 bits per heavy atom. The van der Waals surface area contributed by atoms with E-state index in [9.17, 15) is 10.2 Å². The first-order valence-corrected chi connectivity index (χ1v) is 15.6. The van der Waals surface area contributed by atoms with Gasteiger partial charge < -0.3 is 10.2 Å². The van der Waals surface area contributed by atoms with Crippen LogP contribution in [-0.2, 0) is 0 Å². The number of benzene rings is 1. The molecule has 2 N–H and O–H groups in total. The van der Waals surface area contributed by atoms with E-state index in [1.165, 1.54) is 0 Å². The number of phenols is 2. The van der Waals surface area contributed by atoms with Crippen molar-refractivity contribution in [3.8, 4) is 11.5 Å². The summed E-state index contributed by atoms with van der Waals surface area (Å²) in [6, 6.07) is 4.30. The van der Waals surface area contributed by atoms with Crippen molar-refractivity contribution in [2.45, 2.75) is 116 Å². The van der Waals surface area contributed by atoms with E-state index in [2.05, 4.69) is 108 Å². The Labute approximate surface area is 176 Å². The summed E-state index contributed by atoms with van der Waals surface area (Å²) in [7, 11) is -4.35. The van der Waals surface area contributed by atoms with E-state index in [4.69, 9.17) is 0 Å². The molecule has 0 atom stereocenters. The van der Waals surface area contributed by atoms with Crippen LogP contribution in [0.2, 0.25) is 33.2 Å². The highest BCUT2D eigenvalue weighted by Crippen LogP contribution is 2.54. The Morgan fingerprint density at radius 3 is 0.821 bits per heavy atom. The first-order valence-electron chi connectivity index (χ1n) is 10.6. The van der Waals surface area contributed by atoms with Gasteiger partial charge in [-0.3, -0.25) is 0 Å². The van der Waals surface area contributed by atoms with Crippen LogP contribution in [0, 0.1) is 0 Å². The summed E-state index contributed by atoms with van der Waals surface area (Å²) in [6.45, 7) is 32.0. The lowest BCUT2D eigenvalue weighted by molar-refractivity contribution is 0.407. The van der Waals surface area contributed by atoms with Gasteiger partial charge in [0.15, 0.2) is 11.5 Å². The smallest absolute Gasteiger partial charge is 0.156 e. The molecule has 0 fully saturated rings. The van der Waals surface area contributed by atoms with Crippen molar-refractivity contribution in [3.05, 3.63) is 12.1 Å². The normalized spacial score (nSPS) is 15.1. The molecule has 0 heterocycles. The van der Waals surface area contributed by atoms with E-state index in [-0.39, 0.29) is 31.7 Å². The number of aromatic hydroxyl groups is 2. The van der Waals surface area contributed by atoms with Crippen LogP contribution in [0.5, 0.6) is 11.5 Å². The molecule has 0 amide bonds. The van der Waals surface area contributed by atoms with Gasteiger partial charge in [-0.2, -0.15) is 0 Å². The van der Waals surface area contributed by atoms with Gasteiger partial charge in [0.25, 0.3) is 0 Å². The highest BCUT2D eigenvalue weighted by atomic mass is 28.3. The topological polar surface area (TPSA) is 40.5 Å². The van der Waals surface area contributed by atoms with Gasteiger partial charge in [-0.15, -0.1) is 0 Å². The Bertz CT molecular complexity index is 632. The lowest BCUT2D eigenvalue weighted by atomic mass is 10.2. The van der Waals surface area contributed by atoms with Crippen LogP contribution in [0.4, 0.5) is 0 Å². The van der Waals surface area contributed by atoms with Crippen LogP contribution in [-0.4, -0.2) is 26.4 Å². The maximum Gasteiger partial charge on any atom is 0.156 e. The Hall–Kier alpha value is -0.746. The summed E-state index contributed by atoms with van der Waals surface area (Å²) in [4.78, 5) is 0. The summed E-state index contributed by atoms with van der Waals surface area (Å²) >= 11 is 0. The molecule has 0 aliphatic rings. The minimum absolute atomic E-state index is 0.0471. The molecule has 0 bridgehead atoms. The first-order chi connectivity index (χ1) is 12.0. The summed E-state index contributed by atoms with van der Waals surface area (Å²) in [5, 5.41) is 24.8. The fourth-order valence-corrected chi connectivity index (χ4v) is 15.0. The van der Waals surface area contributed by atoms with Crippen molar-refractivity contribution < 1.29 is 10.2 Å². The summed E-state index contributed by atoms with van der Waals surface area (Å²) < 4.78 is 0. The van der Waals surface area contributed by atoms with Crippen LogP contribution < -0.4 is 10.4 Å². The average Bonchev–Trinajstić information content (AvgIpc) is 2.43. The van der Waals surface area contributed by atoms with Crippen molar-refractivity contribution in [1.82, 2.24) is 0 Å². The van der Waals surface area contributed by atoms with Gasteiger partial charge in [-0.25, -0.2) is 0 Å². The molecule has 0 aliphatic carbocycles. The Balaban J connectivity index is 3.94. The third-order valence-corrected chi connectivity index (χ3v) is 23.2. The first kappa shape index (κ1) is 25.3. The number of rotatable bonds is 2. The highest BCUT2D eigenvalue weighted by molar-refractivity contribution is 6.97. The monoisotopic (exact) mass is 422 g/mol. The molecule has 28 heavy (non-hydrogen) atoms. The zero-order valence-electron chi connectivity index (χ0n) is 21.0. The van der Waals surface area contributed by atoms with Crippen molar-refractivity contribution in [2.75, 3.05) is 0 Å². The SMILES string of the molecule is CC(C)(C)[Si](C)(c1ccc([Si](C)(C(C)(C)C)C(C)(C)C)c(O)c1O)C(C)(C)C. The van der Waals surface area contributed by atoms with Crippen LogP contribution in [0.15, 0.2) is 12.1 Å². The fraction of sp³-hybridized carbons (Fsp3) is 0.750. The molecule has 0 unspecified atom stereocenters. The molecule has 1 aromatic rings. The quantitative estimate of drug-likeness (QED) is 0.403. The van der Waals surface area contributed by atoms with Crippen LogP contribution in [0.1, 0.15) is 83.1 Å². The summed E-state index contributed by atoms with van der Waals surface area (Å²) in [5.74, 6) is 0.257. The Kier molecular flexibility index (Phi) is 6.23. The van der Waals surface area contributed by atoms with Crippen molar-refractivity contribution >= 4 is 26.5 Å². The average molecular weight is 423 g/mol. The second-order valence-electron chi connectivity index (χ2n) is 13.1. The predicted octanol–water partition coefficient (Wildman–Crippen LogP) is 6.87. The molecule has 1 aromatic carbocycles. The molecular weight excluding hydrogens is 376 g/mol. The molecule has 1 rings (SSSR count). The number of phenolic OH excluding ortho intramolecular Hbond substituents is 2. The van der Waals surface area contributed by atoms with E-state index in [0.29, 0.717) is 0 Å². The Morgan fingerprint density at radius 2 is 0.679 bits per heavy atom. The zero-order chi connectivity index (χ0) is 22.7. The van der Waals surface area contributed by atoms with Gasteiger partial charge >= 0.3 is 0 Å². The molecule has 0 aliphatic heterocycles. The molecule has 0 radical (unpaired) electrons. The third-order valence-electron chi connectivity index (χ3n) is 8.23. The lowest BCUT2D eigenvalue weighted by Gasteiger charge is -2.52. The van der Waals surface area contributed by atoms with Gasteiger partial charge in [0, 0.05) is 0 Å². The molecule has 0 aromatic heterocycles. The zero-order valence-corrected chi connectivity index (χ0v) is 23.0. The van der Waals surface area contributed by atoms with Crippen molar-refractivity contribution in [3.63, 3.8) is 0 Å². The second kappa shape index (κ2) is 6.90. The maximum absolute atomic E-state index is 11.3. The third kappa shape index (κ3) is 3.60. The fourth-order valence-electron chi connectivity index (χ4n) is 5.25. The van der Waals surface area contributed by atoms with Gasteiger partial charge in [0.2, 0.25) is 0 Å². The van der Waals surface area contributed by atoms with E-state index < -0.39 is 16.1 Å². The maximum atomic E-state index is 11.3.